The minimum absolute atomic E-state index is 0.119. The van der Waals surface area contributed by atoms with Crippen LogP contribution in [0.4, 0.5) is 4.39 Å². The smallest absolute Gasteiger partial charge is 0.193 e. The molecule has 24 heavy (non-hydrogen) atoms. The van der Waals surface area contributed by atoms with Crippen molar-refractivity contribution in [3.05, 3.63) is 54.1 Å². The van der Waals surface area contributed by atoms with Crippen molar-refractivity contribution in [2.45, 2.75) is 19.6 Å². The molecule has 1 aromatic heterocycles. The van der Waals surface area contributed by atoms with Gasteiger partial charge in [-0.3, -0.25) is 4.99 Å². The van der Waals surface area contributed by atoms with Crippen LogP contribution in [-0.2, 0) is 13.6 Å². The van der Waals surface area contributed by atoms with Crippen molar-refractivity contribution < 1.29 is 9.13 Å². The molecule has 0 radical (unpaired) electrons. The van der Waals surface area contributed by atoms with Gasteiger partial charge >= 0.3 is 0 Å². The molecule has 1 unspecified atom stereocenters. The van der Waals surface area contributed by atoms with Gasteiger partial charge in [0.2, 0.25) is 0 Å². The molecule has 130 valence electrons. The highest BCUT2D eigenvalue weighted by Gasteiger charge is 2.11. The number of nitrogens with zero attached hydrogens (tertiary/aromatic N) is 3. The molecule has 0 fully saturated rings. The number of hydrogen-bond donors (Lipinski definition) is 1. The third-order valence-corrected chi connectivity index (χ3v) is 3.70. The maximum absolute atomic E-state index is 13.2. The van der Waals surface area contributed by atoms with E-state index in [1.807, 2.05) is 38.2 Å². The fourth-order valence-corrected chi connectivity index (χ4v) is 2.41. The summed E-state index contributed by atoms with van der Waals surface area (Å²) in [6.07, 6.45) is 1.90. The van der Waals surface area contributed by atoms with Crippen LogP contribution in [0.25, 0.3) is 0 Å². The Balaban J connectivity index is 1.85. The molecule has 1 N–H and O–H groups in total. The number of benzene rings is 1. The van der Waals surface area contributed by atoms with Gasteiger partial charge in [0.1, 0.15) is 17.7 Å². The van der Waals surface area contributed by atoms with E-state index >= 15 is 0 Å². The predicted octanol–water partition coefficient (Wildman–Crippen LogP) is 2.64. The van der Waals surface area contributed by atoms with Gasteiger partial charge in [-0.1, -0.05) is 6.07 Å². The van der Waals surface area contributed by atoms with Crippen LogP contribution in [-0.4, -0.2) is 42.2 Å². The molecule has 0 amide bonds. The van der Waals surface area contributed by atoms with Crippen LogP contribution in [0.2, 0.25) is 0 Å². The van der Waals surface area contributed by atoms with Crippen molar-refractivity contribution >= 4 is 5.96 Å². The molecule has 6 heteroatoms. The molecule has 0 saturated heterocycles. The Kier molecular flexibility index (Phi) is 6.23. The van der Waals surface area contributed by atoms with E-state index in [1.54, 1.807) is 19.2 Å². The Morgan fingerprint density at radius 2 is 2.17 bits per heavy atom. The van der Waals surface area contributed by atoms with Gasteiger partial charge < -0.3 is 19.5 Å². The molecule has 0 aliphatic carbocycles. The fourth-order valence-electron chi connectivity index (χ4n) is 2.41. The van der Waals surface area contributed by atoms with Crippen LogP contribution < -0.4 is 10.1 Å². The monoisotopic (exact) mass is 332 g/mol. The van der Waals surface area contributed by atoms with Crippen molar-refractivity contribution in [1.82, 2.24) is 14.8 Å². The third kappa shape index (κ3) is 5.01. The number of nitrogens with one attached hydrogen (secondary N) is 1. The lowest BCUT2D eigenvalue weighted by atomic mass is 10.3. The van der Waals surface area contributed by atoms with Crippen LogP contribution in [0.5, 0.6) is 5.75 Å². The first kappa shape index (κ1) is 17.8. The summed E-state index contributed by atoms with van der Waals surface area (Å²) in [5, 5.41) is 3.28. The Morgan fingerprint density at radius 1 is 1.38 bits per heavy atom. The van der Waals surface area contributed by atoms with Crippen molar-refractivity contribution in [2.75, 3.05) is 20.6 Å². The molecule has 0 saturated carbocycles. The first-order chi connectivity index (χ1) is 11.5. The predicted molar refractivity (Wildman–Crippen MR) is 94.7 cm³/mol. The molecular formula is C18H25FN4O. The second-order valence-electron chi connectivity index (χ2n) is 5.78. The molecule has 2 rings (SSSR count). The second-order valence-corrected chi connectivity index (χ2v) is 5.78. The van der Waals surface area contributed by atoms with E-state index < -0.39 is 0 Å². The topological polar surface area (TPSA) is 41.8 Å². The normalized spacial score (nSPS) is 12.8. The van der Waals surface area contributed by atoms with E-state index in [0.29, 0.717) is 12.3 Å². The number of hydrogen-bond acceptors (Lipinski definition) is 2. The summed E-state index contributed by atoms with van der Waals surface area (Å²) in [5.74, 6) is 1.01. The highest BCUT2D eigenvalue weighted by atomic mass is 19.1. The summed E-state index contributed by atoms with van der Waals surface area (Å²) >= 11 is 0. The maximum atomic E-state index is 13.2. The standard InChI is InChI=1S/C18H25FN4O/c1-14(24-17-9-5-7-15(19)11-17)12-21-18(20-2)23(4)13-16-8-6-10-22(16)3/h5-11,14H,12-13H2,1-4H3,(H,20,21). The Hall–Kier alpha value is -2.50. The average Bonchev–Trinajstić information content (AvgIpc) is 2.93. The lowest BCUT2D eigenvalue weighted by molar-refractivity contribution is 0.221. The summed E-state index contributed by atoms with van der Waals surface area (Å²) < 4.78 is 21.0. The number of guanidine groups is 1. The van der Waals surface area contributed by atoms with Gasteiger partial charge in [-0.25, -0.2) is 4.39 Å². The minimum atomic E-state index is -0.300. The molecule has 5 nitrogen and oxygen atoms in total. The third-order valence-electron chi connectivity index (χ3n) is 3.70. The van der Waals surface area contributed by atoms with Gasteiger partial charge in [0.05, 0.1) is 13.1 Å². The lowest BCUT2D eigenvalue weighted by Gasteiger charge is -2.24. The van der Waals surface area contributed by atoms with Crippen LogP contribution >= 0.6 is 0 Å². The van der Waals surface area contributed by atoms with Crippen LogP contribution in [0.3, 0.4) is 0 Å². The zero-order chi connectivity index (χ0) is 17.5. The Labute approximate surface area is 142 Å². The first-order valence-electron chi connectivity index (χ1n) is 7.94. The number of ether oxygens (including phenoxy) is 1. The Morgan fingerprint density at radius 3 is 2.79 bits per heavy atom. The highest BCUT2D eigenvalue weighted by molar-refractivity contribution is 5.79. The van der Waals surface area contributed by atoms with Gasteiger partial charge in [0.15, 0.2) is 5.96 Å². The molecule has 0 bridgehead atoms. The van der Waals surface area contributed by atoms with Crippen molar-refractivity contribution in [3.63, 3.8) is 0 Å². The second kappa shape index (κ2) is 8.38. The van der Waals surface area contributed by atoms with Gasteiger partial charge in [-0.05, 0) is 31.2 Å². The molecule has 1 heterocycles. The van der Waals surface area contributed by atoms with Crippen molar-refractivity contribution in [1.29, 1.82) is 0 Å². The average molecular weight is 332 g/mol. The highest BCUT2D eigenvalue weighted by Crippen LogP contribution is 2.13. The lowest BCUT2D eigenvalue weighted by Crippen LogP contribution is -2.42. The number of halogens is 1. The van der Waals surface area contributed by atoms with Crippen LogP contribution in [0, 0.1) is 5.82 Å². The summed E-state index contributed by atoms with van der Waals surface area (Å²) in [6.45, 7) is 3.26. The zero-order valence-corrected chi connectivity index (χ0v) is 14.7. The summed E-state index contributed by atoms with van der Waals surface area (Å²) in [4.78, 5) is 6.34. The van der Waals surface area contributed by atoms with Gasteiger partial charge in [-0.15, -0.1) is 0 Å². The number of aliphatic imine (C=N–C) groups is 1. The van der Waals surface area contributed by atoms with Gasteiger partial charge in [-0.2, -0.15) is 0 Å². The minimum Gasteiger partial charge on any atom is -0.489 e. The first-order valence-corrected chi connectivity index (χ1v) is 7.94. The number of aromatic nitrogens is 1. The quantitative estimate of drug-likeness (QED) is 0.653. The molecule has 0 spiro atoms. The molecule has 0 aliphatic rings. The molecule has 2 aromatic rings. The molecular weight excluding hydrogens is 307 g/mol. The summed E-state index contributed by atoms with van der Waals surface area (Å²) in [7, 11) is 5.76. The maximum Gasteiger partial charge on any atom is 0.193 e. The summed E-state index contributed by atoms with van der Waals surface area (Å²) in [6, 6.07) is 10.3. The largest absolute Gasteiger partial charge is 0.489 e. The number of rotatable bonds is 6. The van der Waals surface area contributed by atoms with Crippen molar-refractivity contribution in [3.8, 4) is 5.75 Å². The van der Waals surface area contributed by atoms with Crippen molar-refractivity contribution in [2.24, 2.45) is 12.0 Å². The zero-order valence-electron chi connectivity index (χ0n) is 14.7. The Bertz CT molecular complexity index is 683. The van der Waals surface area contributed by atoms with Gasteiger partial charge in [0.25, 0.3) is 0 Å². The molecule has 0 aliphatic heterocycles. The van der Waals surface area contributed by atoms with E-state index in [4.69, 9.17) is 4.74 Å². The molecule has 1 aromatic carbocycles. The van der Waals surface area contributed by atoms with E-state index in [9.17, 15) is 4.39 Å². The molecule has 1 atom stereocenters. The van der Waals surface area contributed by atoms with Gasteiger partial charge in [0, 0.05) is 39.1 Å². The van der Waals surface area contributed by atoms with E-state index in [2.05, 4.69) is 20.9 Å². The van der Waals surface area contributed by atoms with E-state index in [1.165, 1.54) is 17.8 Å². The summed E-state index contributed by atoms with van der Waals surface area (Å²) in [5.41, 5.74) is 1.20. The van der Waals surface area contributed by atoms with E-state index in [-0.39, 0.29) is 11.9 Å². The van der Waals surface area contributed by atoms with Crippen LogP contribution in [0.15, 0.2) is 47.6 Å². The SMILES string of the molecule is CN=C(NCC(C)Oc1cccc(F)c1)N(C)Cc1cccn1C. The number of aryl methyl sites for hydroxylation is 1. The fraction of sp³-hybridized carbons (Fsp3) is 0.389. The van der Waals surface area contributed by atoms with Crippen LogP contribution in [0.1, 0.15) is 12.6 Å². The van der Waals surface area contributed by atoms with E-state index in [0.717, 1.165) is 12.5 Å².